The molecule has 1 rings (SSSR count). The number of aliphatic hydroxyl groups is 1. The third-order valence-corrected chi connectivity index (χ3v) is 2.56. The van der Waals surface area contributed by atoms with Gasteiger partial charge in [0.25, 0.3) is 0 Å². The van der Waals surface area contributed by atoms with E-state index in [0.717, 1.165) is 6.42 Å². The molecule has 0 aliphatic heterocycles. The second kappa shape index (κ2) is 10.7. The van der Waals surface area contributed by atoms with Gasteiger partial charge in [0.2, 0.25) is 0 Å². The van der Waals surface area contributed by atoms with Crippen molar-refractivity contribution in [3.8, 4) is 0 Å². The first kappa shape index (κ1) is 15.1. The largest absolute Gasteiger partial charge is 0.395 e. The molecule has 2 N–H and O–H groups in total. The number of hydrogen-bond acceptors (Lipinski definition) is 2. The van der Waals surface area contributed by atoms with E-state index in [1.165, 1.54) is 24.8 Å². The molecule has 0 amide bonds. The smallest absolute Gasteiger partial charge is 0.0556 e. The average Bonchev–Trinajstić information content (AvgIpc) is 2.30. The fourth-order valence-electron chi connectivity index (χ4n) is 1.70. The molecule has 1 aliphatic rings. The molecule has 92 valence electrons. The highest BCUT2D eigenvalue weighted by Gasteiger charge is 2.15. The first-order valence-electron chi connectivity index (χ1n) is 6.01. The lowest BCUT2D eigenvalue weighted by atomic mass is 9.91. The summed E-state index contributed by atoms with van der Waals surface area (Å²) >= 11 is 0. The summed E-state index contributed by atoms with van der Waals surface area (Å²) in [7, 11) is 0. The Hall–Kier alpha value is -0.860. The highest BCUT2D eigenvalue weighted by Crippen LogP contribution is 2.21. The van der Waals surface area contributed by atoms with Crippen molar-refractivity contribution in [3.05, 3.63) is 37.0 Å². The molecule has 1 saturated carbocycles. The lowest BCUT2D eigenvalue weighted by Crippen LogP contribution is -2.34. The van der Waals surface area contributed by atoms with Gasteiger partial charge in [-0.1, -0.05) is 43.4 Å². The Kier molecular flexibility index (Phi) is 10.1. The summed E-state index contributed by atoms with van der Waals surface area (Å²) in [6.45, 7) is 10.4. The molecule has 1 fully saturated rings. The fourth-order valence-corrected chi connectivity index (χ4v) is 1.70. The Balaban J connectivity index is 0.000000385. The van der Waals surface area contributed by atoms with Gasteiger partial charge in [-0.2, -0.15) is 0 Å². The molecule has 0 aromatic heterocycles. The number of aliphatic hydroxyl groups excluding tert-OH is 1. The van der Waals surface area contributed by atoms with Crippen molar-refractivity contribution < 1.29 is 5.11 Å². The van der Waals surface area contributed by atoms with E-state index < -0.39 is 0 Å². The van der Waals surface area contributed by atoms with Gasteiger partial charge < -0.3 is 10.4 Å². The minimum Gasteiger partial charge on any atom is -0.395 e. The van der Waals surface area contributed by atoms with E-state index in [9.17, 15) is 0 Å². The van der Waals surface area contributed by atoms with Gasteiger partial charge in [-0.05, 0) is 26.2 Å². The summed E-state index contributed by atoms with van der Waals surface area (Å²) in [6.07, 6.45) is 10.5. The number of nitrogens with one attached hydrogen (secondary N) is 1. The minimum atomic E-state index is 0.226. The summed E-state index contributed by atoms with van der Waals surface area (Å²) < 4.78 is 0. The zero-order chi connectivity index (χ0) is 12.2. The van der Waals surface area contributed by atoms with E-state index in [0.29, 0.717) is 12.6 Å². The molecule has 0 spiro atoms. The standard InChI is InChI=1S/C9H17NO.C5H8/c1-8-4-2-3-5-9(8)10-6-7-11;1-3-5-4-2/h9-11H,1-7H2;3-5H,1H2,2H3/b;5-4-/t9-;/m0./s1. The molecule has 16 heavy (non-hydrogen) atoms. The predicted molar refractivity (Wildman–Crippen MR) is 71.5 cm³/mol. The zero-order valence-electron chi connectivity index (χ0n) is 10.4. The maximum absolute atomic E-state index is 8.59. The Morgan fingerprint density at radius 2 is 2.25 bits per heavy atom. The third-order valence-electron chi connectivity index (χ3n) is 2.56. The Morgan fingerprint density at radius 3 is 2.69 bits per heavy atom. The topological polar surface area (TPSA) is 32.3 Å². The molecule has 0 saturated heterocycles. The van der Waals surface area contributed by atoms with E-state index in [1.54, 1.807) is 6.08 Å². The highest BCUT2D eigenvalue weighted by molar-refractivity contribution is 5.07. The van der Waals surface area contributed by atoms with E-state index in [4.69, 9.17) is 5.11 Å². The average molecular weight is 223 g/mol. The number of rotatable bonds is 4. The van der Waals surface area contributed by atoms with E-state index in [-0.39, 0.29) is 6.61 Å². The molecule has 0 bridgehead atoms. The molecular formula is C14H25NO. The minimum absolute atomic E-state index is 0.226. The molecule has 0 aromatic carbocycles. The van der Waals surface area contributed by atoms with E-state index in [1.807, 2.05) is 19.1 Å². The van der Waals surface area contributed by atoms with Crippen LogP contribution in [0.25, 0.3) is 0 Å². The highest BCUT2D eigenvalue weighted by atomic mass is 16.3. The molecule has 0 heterocycles. The molecule has 0 unspecified atom stereocenters. The van der Waals surface area contributed by atoms with Gasteiger partial charge in [-0.15, -0.1) is 0 Å². The molecule has 2 heteroatoms. The lowest BCUT2D eigenvalue weighted by molar-refractivity contribution is 0.282. The van der Waals surface area contributed by atoms with Crippen molar-refractivity contribution in [2.24, 2.45) is 0 Å². The number of allylic oxidation sites excluding steroid dienone is 3. The van der Waals surface area contributed by atoms with Crippen LogP contribution >= 0.6 is 0 Å². The van der Waals surface area contributed by atoms with Gasteiger partial charge in [-0.25, -0.2) is 0 Å². The van der Waals surface area contributed by atoms with Crippen LogP contribution in [0.3, 0.4) is 0 Å². The molecule has 1 aliphatic carbocycles. The molecular weight excluding hydrogens is 198 g/mol. The number of hydrogen-bond donors (Lipinski definition) is 2. The van der Waals surface area contributed by atoms with Crippen LogP contribution in [-0.2, 0) is 0 Å². The Morgan fingerprint density at radius 1 is 1.50 bits per heavy atom. The summed E-state index contributed by atoms with van der Waals surface area (Å²) in [5, 5.41) is 11.9. The summed E-state index contributed by atoms with van der Waals surface area (Å²) in [6, 6.07) is 0.468. The van der Waals surface area contributed by atoms with Crippen LogP contribution < -0.4 is 5.32 Å². The quantitative estimate of drug-likeness (QED) is 0.567. The summed E-state index contributed by atoms with van der Waals surface area (Å²) in [5.41, 5.74) is 1.31. The molecule has 0 radical (unpaired) electrons. The van der Waals surface area contributed by atoms with Gasteiger partial charge >= 0.3 is 0 Å². The summed E-state index contributed by atoms with van der Waals surface area (Å²) in [5.74, 6) is 0. The van der Waals surface area contributed by atoms with Gasteiger partial charge in [0.05, 0.1) is 6.61 Å². The zero-order valence-corrected chi connectivity index (χ0v) is 10.4. The normalized spacial score (nSPS) is 20.4. The van der Waals surface area contributed by atoms with Gasteiger partial charge in [0.15, 0.2) is 0 Å². The van der Waals surface area contributed by atoms with E-state index >= 15 is 0 Å². The van der Waals surface area contributed by atoms with Crippen LogP contribution in [0, 0.1) is 0 Å². The van der Waals surface area contributed by atoms with Gasteiger partial charge in [-0.3, -0.25) is 0 Å². The monoisotopic (exact) mass is 223 g/mol. The molecule has 2 nitrogen and oxygen atoms in total. The fraction of sp³-hybridized carbons (Fsp3) is 0.571. The van der Waals surface area contributed by atoms with Crippen molar-refractivity contribution in [1.82, 2.24) is 5.32 Å². The summed E-state index contributed by atoms with van der Waals surface area (Å²) in [4.78, 5) is 0. The Labute approximate surface area is 99.8 Å². The van der Waals surface area contributed by atoms with Gasteiger partial charge in [0.1, 0.15) is 0 Å². The Bertz CT molecular complexity index is 221. The molecule has 1 atom stereocenters. The van der Waals surface area contributed by atoms with Crippen LogP contribution in [0.5, 0.6) is 0 Å². The second-order valence-corrected chi connectivity index (χ2v) is 3.90. The maximum atomic E-state index is 8.59. The van der Waals surface area contributed by atoms with Gasteiger partial charge in [0, 0.05) is 12.6 Å². The second-order valence-electron chi connectivity index (χ2n) is 3.90. The van der Waals surface area contributed by atoms with Crippen LogP contribution in [-0.4, -0.2) is 24.3 Å². The van der Waals surface area contributed by atoms with Crippen LogP contribution in [0.2, 0.25) is 0 Å². The van der Waals surface area contributed by atoms with Crippen LogP contribution in [0.15, 0.2) is 37.0 Å². The van der Waals surface area contributed by atoms with Crippen molar-refractivity contribution in [3.63, 3.8) is 0 Å². The third kappa shape index (κ3) is 7.43. The SMILES string of the molecule is C=C/C=C\C.C=C1CCCC[C@@H]1NCCO. The van der Waals surface area contributed by atoms with Crippen molar-refractivity contribution in [2.45, 2.75) is 38.6 Å². The van der Waals surface area contributed by atoms with Crippen molar-refractivity contribution >= 4 is 0 Å². The first-order valence-corrected chi connectivity index (χ1v) is 6.01. The predicted octanol–water partition coefficient (Wildman–Crippen LogP) is 2.82. The van der Waals surface area contributed by atoms with Crippen LogP contribution in [0.4, 0.5) is 0 Å². The van der Waals surface area contributed by atoms with Crippen LogP contribution in [0.1, 0.15) is 32.6 Å². The first-order chi connectivity index (χ1) is 7.76. The van der Waals surface area contributed by atoms with Crippen molar-refractivity contribution in [1.29, 1.82) is 0 Å². The maximum Gasteiger partial charge on any atom is 0.0556 e. The lowest BCUT2D eigenvalue weighted by Gasteiger charge is -2.25. The van der Waals surface area contributed by atoms with E-state index in [2.05, 4.69) is 18.5 Å². The van der Waals surface area contributed by atoms with Crippen molar-refractivity contribution in [2.75, 3.05) is 13.2 Å². The molecule has 0 aromatic rings.